The Hall–Kier alpha value is -4.19. The fourth-order valence-corrected chi connectivity index (χ4v) is 5.13. The molecule has 6 rings (SSSR count). The van der Waals surface area contributed by atoms with Gasteiger partial charge in [-0.05, 0) is 50.3 Å². The monoisotopic (exact) mass is 480 g/mol. The van der Waals surface area contributed by atoms with E-state index in [0.717, 1.165) is 72.4 Å². The Labute approximate surface area is 209 Å². The topological polar surface area (TPSA) is 104 Å². The Bertz CT molecular complexity index is 1450. The van der Waals surface area contributed by atoms with E-state index in [9.17, 15) is 10.1 Å². The van der Waals surface area contributed by atoms with Crippen molar-refractivity contribution in [3.8, 4) is 28.3 Å². The van der Waals surface area contributed by atoms with Crippen molar-refractivity contribution in [3.63, 3.8) is 0 Å². The molecule has 2 fully saturated rings. The quantitative estimate of drug-likeness (QED) is 0.468. The zero-order valence-corrected chi connectivity index (χ0v) is 20.3. The highest BCUT2D eigenvalue weighted by Crippen LogP contribution is 2.33. The molecule has 36 heavy (non-hydrogen) atoms. The molecule has 4 aromatic rings. The molecule has 9 nitrogen and oxygen atoms in total. The van der Waals surface area contributed by atoms with Crippen molar-refractivity contribution in [2.75, 3.05) is 18.0 Å². The van der Waals surface area contributed by atoms with Crippen molar-refractivity contribution in [1.82, 2.24) is 29.7 Å². The Kier molecular flexibility index (Phi) is 5.64. The van der Waals surface area contributed by atoms with Crippen molar-refractivity contribution in [2.45, 2.75) is 38.1 Å². The van der Waals surface area contributed by atoms with Gasteiger partial charge in [-0.3, -0.25) is 9.48 Å². The molecule has 1 saturated heterocycles. The summed E-state index contributed by atoms with van der Waals surface area (Å²) in [4.78, 5) is 19.6. The first-order chi connectivity index (χ1) is 17.6. The summed E-state index contributed by atoms with van der Waals surface area (Å²) in [6.07, 6.45) is 14.3. The number of piperidine rings is 1. The zero-order chi connectivity index (χ0) is 24.6. The molecule has 182 valence electrons. The third-order valence-corrected chi connectivity index (χ3v) is 7.47. The van der Waals surface area contributed by atoms with E-state index in [-0.39, 0.29) is 11.8 Å². The van der Waals surface area contributed by atoms with Crippen LogP contribution in [0.1, 0.15) is 37.7 Å². The van der Waals surface area contributed by atoms with Gasteiger partial charge in [-0.25, -0.2) is 9.50 Å². The number of hydrogen-bond donors (Lipinski definition) is 1. The summed E-state index contributed by atoms with van der Waals surface area (Å²) in [6.45, 7) is 1.63. The average Bonchev–Trinajstić information content (AvgIpc) is 3.51. The highest BCUT2D eigenvalue weighted by atomic mass is 16.2. The second-order valence-electron chi connectivity index (χ2n) is 9.81. The molecule has 0 aromatic carbocycles. The molecule has 1 aliphatic carbocycles. The van der Waals surface area contributed by atoms with Gasteiger partial charge in [-0.2, -0.15) is 15.5 Å². The number of nitriles is 1. The molecular formula is C27H28N8O. The lowest BCUT2D eigenvalue weighted by molar-refractivity contribution is -0.126. The Morgan fingerprint density at radius 1 is 1.03 bits per heavy atom. The molecule has 0 atom stereocenters. The van der Waals surface area contributed by atoms with Gasteiger partial charge < -0.3 is 10.2 Å². The molecule has 9 heteroatoms. The summed E-state index contributed by atoms with van der Waals surface area (Å²) in [5.41, 5.74) is 5.04. The number of aromatic nitrogens is 5. The van der Waals surface area contributed by atoms with Gasteiger partial charge in [0, 0.05) is 72.9 Å². The van der Waals surface area contributed by atoms with Crippen LogP contribution in [0.25, 0.3) is 27.8 Å². The summed E-state index contributed by atoms with van der Waals surface area (Å²) in [7, 11) is 1.89. The smallest absolute Gasteiger partial charge is 0.223 e. The Morgan fingerprint density at radius 3 is 2.50 bits per heavy atom. The third-order valence-electron chi connectivity index (χ3n) is 7.47. The number of rotatable bonds is 5. The Balaban J connectivity index is 1.24. The van der Waals surface area contributed by atoms with Crippen molar-refractivity contribution >= 4 is 17.2 Å². The van der Waals surface area contributed by atoms with Crippen LogP contribution in [-0.4, -0.2) is 49.4 Å². The normalized spacial score (nSPS) is 16.6. The maximum Gasteiger partial charge on any atom is 0.223 e. The van der Waals surface area contributed by atoms with Crippen LogP contribution in [-0.2, 0) is 11.8 Å². The molecule has 0 unspecified atom stereocenters. The van der Waals surface area contributed by atoms with Crippen LogP contribution in [0, 0.1) is 17.2 Å². The lowest BCUT2D eigenvalue weighted by Crippen LogP contribution is -2.46. The minimum Gasteiger partial charge on any atom is -0.357 e. The largest absolute Gasteiger partial charge is 0.357 e. The predicted molar refractivity (Wildman–Crippen MR) is 136 cm³/mol. The summed E-state index contributed by atoms with van der Waals surface area (Å²) in [6, 6.07) is 8.80. The molecule has 1 saturated carbocycles. The number of carbonyl (C=O) groups excluding carboxylic acids is 1. The minimum atomic E-state index is 0.0934. The number of nitrogens with zero attached hydrogens (tertiary/aromatic N) is 7. The zero-order valence-electron chi connectivity index (χ0n) is 20.3. The first-order valence-corrected chi connectivity index (χ1v) is 12.5. The maximum atomic E-state index is 12.5. The first kappa shape index (κ1) is 22.3. The van der Waals surface area contributed by atoms with E-state index in [1.165, 1.54) is 6.42 Å². The molecule has 5 heterocycles. The van der Waals surface area contributed by atoms with Crippen LogP contribution < -0.4 is 10.2 Å². The van der Waals surface area contributed by atoms with Crippen LogP contribution in [0.3, 0.4) is 0 Å². The molecule has 0 bridgehead atoms. The highest BCUT2D eigenvalue weighted by molar-refractivity contribution is 5.87. The summed E-state index contributed by atoms with van der Waals surface area (Å²) >= 11 is 0. The standard InChI is InChI=1S/C27H28N8O/c1-33-16-22(15-30-33)20-11-24(26-21(12-28)14-31-35(26)17-20)19-5-6-25(29-13-19)34-9-7-18(8-10-34)27(36)32-23-3-2-4-23/h5-6,11,13-18,23H,2-4,7-10H2,1H3,(H,32,36). The number of aryl methyl sites for hydroxylation is 1. The molecule has 1 N–H and O–H groups in total. The Morgan fingerprint density at radius 2 is 1.86 bits per heavy atom. The number of fused-ring (bicyclic) bond motifs is 1. The minimum absolute atomic E-state index is 0.0934. The van der Waals surface area contributed by atoms with Crippen LogP contribution in [0.15, 0.2) is 49.2 Å². The maximum absolute atomic E-state index is 12.5. The lowest BCUT2D eigenvalue weighted by atomic mass is 9.90. The number of amides is 1. The van der Waals surface area contributed by atoms with Gasteiger partial charge in [0.25, 0.3) is 0 Å². The number of nitrogens with one attached hydrogen (secondary N) is 1. The van der Waals surface area contributed by atoms with Gasteiger partial charge in [0.2, 0.25) is 5.91 Å². The van der Waals surface area contributed by atoms with Gasteiger partial charge >= 0.3 is 0 Å². The SMILES string of the molecule is Cn1cc(-c2cc(-c3ccc(N4CCC(C(=O)NC5CCC5)CC4)nc3)c3c(C#N)cnn3c2)cn1. The van der Waals surface area contributed by atoms with Crippen LogP contribution >= 0.6 is 0 Å². The van der Waals surface area contributed by atoms with Crippen molar-refractivity contribution in [1.29, 1.82) is 5.26 Å². The van der Waals surface area contributed by atoms with E-state index in [0.29, 0.717) is 11.6 Å². The van der Waals surface area contributed by atoms with Crippen LogP contribution in [0.2, 0.25) is 0 Å². The molecule has 1 amide bonds. The second kappa shape index (κ2) is 9.11. The van der Waals surface area contributed by atoms with Crippen LogP contribution in [0.4, 0.5) is 5.82 Å². The molecular weight excluding hydrogens is 452 g/mol. The van der Waals surface area contributed by atoms with E-state index < -0.39 is 0 Å². The molecule has 0 spiro atoms. The molecule has 1 aliphatic heterocycles. The fraction of sp³-hybridized carbons (Fsp3) is 0.370. The van der Waals surface area contributed by atoms with E-state index >= 15 is 0 Å². The lowest BCUT2D eigenvalue weighted by Gasteiger charge is -2.34. The number of pyridine rings is 2. The van der Waals surface area contributed by atoms with Gasteiger partial charge in [-0.1, -0.05) is 0 Å². The fourth-order valence-electron chi connectivity index (χ4n) is 5.13. The summed E-state index contributed by atoms with van der Waals surface area (Å²) in [5, 5.41) is 21.6. The molecule has 2 aliphatic rings. The first-order valence-electron chi connectivity index (χ1n) is 12.5. The van der Waals surface area contributed by atoms with Gasteiger partial charge in [0.15, 0.2) is 0 Å². The predicted octanol–water partition coefficient (Wildman–Crippen LogP) is 3.55. The number of hydrogen-bond acceptors (Lipinski definition) is 6. The van der Waals surface area contributed by atoms with E-state index in [4.69, 9.17) is 4.98 Å². The third kappa shape index (κ3) is 4.09. The van der Waals surface area contributed by atoms with Gasteiger partial charge in [0.1, 0.15) is 11.9 Å². The summed E-state index contributed by atoms with van der Waals surface area (Å²) in [5.74, 6) is 1.22. The van der Waals surface area contributed by atoms with E-state index in [2.05, 4.69) is 32.5 Å². The molecule has 0 radical (unpaired) electrons. The average molecular weight is 481 g/mol. The van der Waals surface area contributed by atoms with E-state index in [1.807, 2.05) is 44.0 Å². The van der Waals surface area contributed by atoms with Gasteiger partial charge in [-0.15, -0.1) is 0 Å². The number of anilines is 1. The van der Waals surface area contributed by atoms with Gasteiger partial charge in [0.05, 0.1) is 23.5 Å². The van der Waals surface area contributed by atoms with Crippen LogP contribution in [0.5, 0.6) is 0 Å². The summed E-state index contributed by atoms with van der Waals surface area (Å²) < 4.78 is 3.52. The number of carbonyl (C=O) groups is 1. The highest BCUT2D eigenvalue weighted by Gasteiger charge is 2.28. The van der Waals surface area contributed by atoms with Crippen molar-refractivity contribution < 1.29 is 4.79 Å². The second-order valence-corrected chi connectivity index (χ2v) is 9.81. The van der Waals surface area contributed by atoms with Crippen molar-refractivity contribution in [3.05, 3.63) is 54.7 Å². The van der Waals surface area contributed by atoms with Crippen molar-refractivity contribution in [2.24, 2.45) is 13.0 Å². The van der Waals surface area contributed by atoms with E-state index in [1.54, 1.807) is 15.4 Å². The molecule has 4 aromatic heterocycles.